The molecule has 3 heterocycles. The van der Waals surface area contributed by atoms with Crippen molar-refractivity contribution in [3.63, 3.8) is 0 Å². The van der Waals surface area contributed by atoms with Gasteiger partial charge in [-0.1, -0.05) is 79.8 Å². The lowest BCUT2D eigenvalue weighted by molar-refractivity contribution is -0.154. The Labute approximate surface area is 340 Å². The van der Waals surface area contributed by atoms with Crippen molar-refractivity contribution in [2.24, 2.45) is 5.92 Å². The Morgan fingerprint density at radius 1 is 0.914 bits per heavy atom. The molecular weight excluding hydrogens is 755 g/mol. The number of carbonyl (C=O) groups is 4. The molecule has 4 aromatic carbocycles. The van der Waals surface area contributed by atoms with E-state index in [0.717, 1.165) is 22.1 Å². The normalized spacial score (nSPS) is 22.5. The van der Waals surface area contributed by atoms with Gasteiger partial charge in [-0.05, 0) is 59.1 Å². The predicted octanol–water partition coefficient (Wildman–Crippen LogP) is 5.50. The van der Waals surface area contributed by atoms with E-state index >= 15 is 4.79 Å². The van der Waals surface area contributed by atoms with Crippen molar-refractivity contribution in [3.8, 4) is 11.5 Å². The van der Waals surface area contributed by atoms with Gasteiger partial charge in [0.25, 0.3) is 5.91 Å². The van der Waals surface area contributed by atoms with Crippen LogP contribution in [-0.4, -0.2) is 81.5 Å². The maximum absolute atomic E-state index is 15.4. The van der Waals surface area contributed by atoms with Crippen LogP contribution in [0.3, 0.4) is 0 Å². The van der Waals surface area contributed by atoms with Gasteiger partial charge in [0.2, 0.25) is 11.8 Å². The Balaban J connectivity index is 1.25. The maximum Gasteiger partial charge on any atom is 0.304 e. The standard InChI is InChI=1S/C45H51N3O9Si/c1-29-43(58(5,6)36-19-16-34(54-3)17-20-36)39(25-40(51)46(22-23-49)27-31-10-8-7-9-11-31)57-45(29)37-24-35(55-4)18-21-38(37)47(44(45)53)28-32-12-14-33(15-13-32)48-41(52)26-42(48)56-30(2)50/h7-21,24,29,39,42-43,49H,22-23,25-28H2,1-6H3/t29-,39+,42?,43-,45+/m1/s1. The molecule has 0 saturated carbocycles. The second-order valence-electron chi connectivity index (χ2n) is 15.9. The number of rotatable bonds is 14. The number of carbonyl (C=O) groups excluding carboxylic acids is 4. The highest BCUT2D eigenvalue weighted by atomic mass is 28.3. The van der Waals surface area contributed by atoms with Crippen LogP contribution in [0.25, 0.3) is 0 Å². The van der Waals surface area contributed by atoms with E-state index in [1.54, 1.807) is 36.2 Å². The first-order chi connectivity index (χ1) is 27.8. The molecule has 12 nitrogen and oxygen atoms in total. The van der Waals surface area contributed by atoms with E-state index in [-0.39, 0.29) is 61.7 Å². The molecule has 2 saturated heterocycles. The molecule has 3 aliphatic heterocycles. The van der Waals surface area contributed by atoms with Crippen LogP contribution in [0.1, 0.15) is 43.4 Å². The summed E-state index contributed by atoms with van der Waals surface area (Å²) in [5.41, 5.74) is 2.11. The third-order valence-electron chi connectivity index (χ3n) is 12.1. The minimum absolute atomic E-state index is 0.0216. The average Bonchev–Trinajstić information content (AvgIpc) is 3.63. The third-order valence-corrected chi connectivity index (χ3v) is 16.5. The summed E-state index contributed by atoms with van der Waals surface area (Å²) in [6.07, 6.45) is -1.13. The van der Waals surface area contributed by atoms with Gasteiger partial charge < -0.3 is 33.9 Å². The molecule has 304 valence electrons. The zero-order chi connectivity index (χ0) is 41.4. The molecule has 0 radical (unpaired) electrons. The van der Waals surface area contributed by atoms with Crippen LogP contribution in [0.5, 0.6) is 11.5 Å². The molecule has 1 N–H and O–H groups in total. The molecule has 4 aromatic rings. The number of aliphatic hydroxyl groups excluding tert-OH is 1. The maximum atomic E-state index is 15.4. The number of ether oxygens (including phenoxy) is 4. The molecule has 7 rings (SSSR count). The molecule has 1 unspecified atom stereocenters. The van der Waals surface area contributed by atoms with Crippen LogP contribution in [0.2, 0.25) is 18.6 Å². The molecule has 0 aromatic heterocycles. The molecule has 58 heavy (non-hydrogen) atoms. The van der Waals surface area contributed by atoms with Crippen molar-refractivity contribution in [2.45, 2.75) is 76.3 Å². The average molecular weight is 806 g/mol. The van der Waals surface area contributed by atoms with Crippen LogP contribution in [-0.2, 0) is 47.3 Å². The number of hydrogen-bond donors (Lipinski definition) is 1. The van der Waals surface area contributed by atoms with E-state index in [1.807, 2.05) is 72.8 Å². The number of esters is 1. The van der Waals surface area contributed by atoms with Gasteiger partial charge in [0.1, 0.15) is 11.5 Å². The van der Waals surface area contributed by atoms with Crippen molar-refractivity contribution < 1.29 is 43.2 Å². The van der Waals surface area contributed by atoms with E-state index < -0.39 is 32.0 Å². The van der Waals surface area contributed by atoms with E-state index in [9.17, 15) is 19.5 Å². The number of nitrogens with zero attached hydrogens (tertiary/aromatic N) is 3. The molecule has 1 spiro atoms. The lowest BCUT2D eigenvalue weighted by Gasteiger charge is -2.39. The van der Waals surface area contributed by atoms with Gasteiger partial charge >= 0.3 is 5.97 Å². The molecule has 3 amide bonds. The summed E-state index contributed by atoms with van der Waals surface area (Å²) in [5.74, 6) is -0.0425. The van der Waals surface area contributed by atoms with E-state index in [2.05, 4.69) is 32.2 Å². The number of β-lactam (4-membered cyclic amide) rings is 1. The first-order valence-corrected chi connectivity index (χ1v) is 22.7. The SMILES string of the molecule is COc1ccc([Si](C)(C)[C@H]2[C@H](CC(=O)N(CCO)Cc3ccccc3)O[C@@]3(C(=O)N(Cc4ccc(N5C(=O)CC5OC(C)=O)cc4)c4ccc(OC)cc43)[C@@H]2C)cc1. The first kappa shape index (κ1) is 40.7. The Morgan fingerprint density at radius 3 is 2.21 bits per heavy atom. The Morgan fingerprint density at radius 2 is 1.59 bits per heavy atom. The molecule has 0 aliphatic carbocycles. The predicted molar refractivity (Wildman–Crippen MR) is 221 cm³/mol. The fourth-order valence-electron chi connectivity index (χ4n) is 9.22. The molecule has 5 atom stereocenters. The highest BCUT2D eigenvalue weighted by molar-refractivity contribution is 6.91. The number of hydrogen-bond acceptors (Lipinski definition) is 9. The lowest BCUT2D eigenvalue weighted by atomic mass is 9.82. The van der Waals surface area contributed by atoms with Crippen molar-refractivity contribution in [3.05, 3.63) is 114 Å². The number of benzene rings is 4. The van der Waals surface area contributed by atoms with Gasteiger partial charge in [-0.2, -0.15) is 0 Å². The van der Waals surface area contributed by atoms with Gasteiger partial charge in [-0.15, -0.1) is 0 Å². The smallest absolute Gasteiger partial charge is 0.304 e. The van der Waals surface area contributed by atoms with E-state index in [4.69, 9.17) is 18.9 Å². The summed E-state index contributed by atoms with van der Waals surface area (Å²) in [5, 5.41) is 11.2. The minimum Gasteiger partial charge on any atom is -0.497 e. The number of anilines is 2. The topological polar surface area (TPSA) is 135 Å². The fourth-order valence-corrected chi connectivity index (χ4v) is 13.2. The Hall–Kier alpha value is -5.50. The summed E-state index contributed by atoms with van der Waals surface area (Å²) < 4.78 is 23.7. The molecular formula is C45H51N3O9Si. The summed E-state index contributed by atoms with van der Waals surface area (Å²) in [6, 6.07) is 30.6. The molecule has 0 bridgehead atoms. The van der Waals surface area contributed by atoms with E-state index in [0.29, 0.717) is 29.2 Å². The number of methoxy groups -OCH3 is 2. The quantitative estimate of drug-likeness (QED) is 0.0996. The third kappa shape index (κ3) is 7.38. The second kappa shape index (κ2) is 16.4. The highest BCUT2D eigenvalue weighted by Crippen LogP contribution is 2.60. The summed E-state index contributed by atoms with van der Waals surface area (Å²) in [7, 11) is 0.654. The number of amides is 3. The summed E-state index contributed by atoms with van der Waals surface area (Å²) in [6.45, 7) is 8.44. The zero-order valence-corrected chi connectivity index (χ0v) is 34.8. The summed E-state index contributed by atoms with van der Waals surface area (Å²) >= 11 is 0. The highest BCUT2D eigenvalue weighted by Gasteiger charge is 2.66. The fraction of sp³-hybridized carbons (Fsp3) is 0.378. The van der Waals surface area contributed by atoms with Crippen LogP contribution in [0.4, 0.5) is 11.4 Å². The van der Waals surface area contributed by atoms with Crippen LogP contribution < -0.4 is 24.5 Å². The Kier molecular flexibility index (Phi) is 11.5. The molecule has 2 fully saturated rings. The van der Waals surface area contributed by atoms with Gasteiger partial charge in [-0.3, -0.25) is 24.1 Å². The van der Waals surface area contributed by atoms with E-state index in [1.165, 1.54) is 11.8 Å². The lowest BCUT2D eigenvalue weighted by Crippen LogP contribution is -2.54. The molecule has 13 heteroatoms. The van der Waals surface area contributed by atoms with Gasteiger partial charge in [0.15, 0.2) is 11.8 Å². The molecule has 3 aliphatic rings. The van der Waals surface area contributed by atoms with Crippen molar-refractivity contribution >= 4 is 48.3 Å². The minimum atomic E-state index is -2.57. The Bertz CT molecular complexity index is 2160. The van der Waals surface area contributed by atoms with Crippen LogP contribution in [0.15, 0.2) is 97.1 Å². The van der Waals surface area contributed by atoms with Gasteiger partial charge in [0.05, 0.1) is 60.1 Å². The van der Waals surface area contributed by atoms with Gasteiger partial charge in [0, 0.05) is 37.2 Å². The number of aliphatic hydroxyl groups is 1. The van der Waals surface area contributed by atoms with Crippen molar-refractivity contribution in [1.82, 2.24) is 4.90 Å². The van der Waals surface area contributed by atoms with Crippen molar-refractivity contribution in [1.29, 1.82) is 0 Å². The zero-order valence-electron chi connectivity index (χ0n) is 33.8. The van der Waals surface area contributed by atoms with Crippen LogP contribution in [0, 0.1) is 5.92 Å². The number of fused-ring (bicyclic) bond motifs is 2. The largest absolute Gasteiger partial charge is 0.497 e. The monoisotopic (exact) mass is 805 g/mol. The second-order valence-corrected chi connectivity index (χ2v) is 20.5. The summed E-state index contributed by atoms with van der Waals surface area (Å²) in [4.78, 5) is 58.7. The van der Waals surface area contributed by atoms with Crippen LogP contribution >= 0.6 is 0 Å². The first-order valence-electron chi connectivity index (χ1n) is 19.7. The van der Waals surface area contributed by atoms with Crippen molar-refractivity contribution in [2.75, 3.05) is 37.2 Å². The van der Waals surface area contributed by atoms with Gasteiger partial charge in [-0.25, -0.2) is 0 Å².